The van der Waals surface area contributed by atoms with Crippen LogP contribution in [-0.2, 0) is 17.6 Å². The highest BCUT2D eigenvalue weighted by Crippen LogP contribution is 2.31. The standard InChI is InChI=1S/C22H24N2OS/c1-5-17-6-8-18(9-7-17)12-20(25)24-22-23-19(13-26-22)21-15(3)10-14(2)11-16(21)4/h6-11,13H,5,12H2,1-4H3,(H,23,24,25). The van der Waals surface area contributed by atoms with Crippen LogP contribution in [0.25, 0.3) is 11.3 Å². The van der Waals surface area contributed by atoms with Gasteiger partial charge in [0.25, 0.3) is 0 Å². The quantitative estimate of drug-likeness (QED) is 0.651. The van der Waals surface area contributed by atoms with Gasteiger partial charge in [-0.1, -0.05) is 48.9 Å². The van der Waals surface area contributed by atoms with Crippen LogP contribution in [-0.4, -0.2) is 10.9 Å². The first kappa shape index (κ1) is 18.3. The summed E-state index contributed by atoms with van der Waals surface area (Å²) in [7, 11) is 0. The lowest BCUT2D eigenvalue weighted by Gasteiger charge is -2.08. The normalized spacial score (nSPS) is 10.8. The predicted octanol–water partition coefficient (Wildman–Crippen LogP) is 5.48. The summed E-state index contributed by atoms with van der Waals surface area (Å²) in [6.45, 7) is 8.43. The van der Waals surface area contributed by atoms with Crippen LogP contribution in [0.15, 0.2) is 41.8 Å². The molecule has 0 radical (unpaired) electrons. The maximum absolute atomic E-state index is 12.3. The molecule has 1 amide bonds. The van der Waals surface area contributed by atoms with Gasteiger partial charge in [0.2, 0.25) is 5.91 Å². The van der Waals surface area contributed by atoms with Gasteiger partial charge >= 0.3 is 0 Å². The van der Waals surface area contributed by atoms with E-state index in [0.717, 1.165) is 23.2 Å². The monoisotopic (exact) mass is 364 g/mol. The number of amides is 1. The van der Waals surface area contributed by atoms with Gasteiger partial charge in [0.05, 0.1) is 12.1 Å². The van der Waals surface area contributed by atoms with Crippen molar-refractivity contribution in [3.8, 4) is 11.3 Å². The number of rotatable bonds is 5. The van der Waals surface area contributed by atoms with E-state index in [1.165, 1.54) is 33.6 Å². The lowest BCUT2D eigenvalue weighted by atomic mass is 9.98. The Bertz CT molecular complexity index is 903. The van der Waals surface area contributed by atoms with Gasteiger partial charge in [-0.2, -0.15) is 0 Å². The smallest absolute Gasteiger partial charge is 0.230 e. The van der Waals surface area contributed by atoms with Crippen LogP contribution in [0.5, 0.6) is 0 Å². The van der Waals surface area contributed by atoms with Gasteiger partial charge < -0.3 is 5.32 Å². The molecule has 0 spiro atoms. The number of nitrogens with one attached hydrogen (secondary N) is 1. The number of carbonyl (C=O) groups excluding carboxylic acids is 1. The largest absolute Gasteiger partial charge is 0.302 e. The number of thiazole rings is 1. The van der Waals surface area contributed by atoms with Crippen molar-refractivity contribution < 1.29 is 4.79 Å². The Morgan fingerprint density at radius 3 is 2.27 bits per heavy atom. The molecule has 1 aromatic heterocycles. The Kier molecular flexibility index (Phi) is 5.52. The SMILES string of the molecule is CCc1ccc(CC(=O)Nc2nc(-c3c(C)cc(C)cc3C)cs2)cc1. The second-order valence-corrected chi connectivity index (χ2v) is 7.56. The number of nitrogens with zero attached hydrogens (tertiary/aromatic N) is 1. The number of aromatic nitrogens is 1. The fourth-order valence-corrected chi connectivity index (χ4v) is 3.99. The number of carbonyl (C=O) groups is 1. The Morgan fingerprint density at radius 2 is 1.65 bits per heavy atom. The minimum Gasteiger partial charge on any atom is -0.302 e. The maximum atomic E-state index is 12.3. The van der Waals surface area contributed by atoms with E-state index in [1.807, 2.05) is 17.5 Å². The van der Waals surface area contributed by atoms with Crippen molar-refractivity contribution in [1.29, 1.82) is 0 Å². The molecule has 1 N–H and O–H groups in total. The summed E-state index contributed by atoms with van der Waals surface area (Å²) >= 11 is 1.47. The van der Waals surface area contributed by atoms with Gasteiger partial charge in [-0.15, -0.1) is 11.3 Å². The third-order valence-corrected chi connectivity index (χ3v) is 5.24. The molecule has 0 saturated heterocycles. The number of benzene rings is 2. The van der Waals surface area contributed by atoms with Crippen LogP contribution in [0, 0.1) is 20.8 Å². The fraction of sp³-hybridized carbons (Fsp3) is 0.273. The minimum absolute atomic E-state index is 0.0347. The van der Waals surface area contributed by atoms with Crippen molar-refractivity contribution in [2.45, 2.75) is 40.5 Å². The summed E-state index contributed by atoms with van der Waals surface area (Å²) in [5.74, 6) is -0.0347. The average Bonchev–Trinajstić information content (AvgIpc) is 3.02. The van der Waals surface area contributed by atoms with Gasteiger partial charge in [0.1, 0.15) is 0 Å². The lowest BCUT2D eigenvalue weighted by Crippen LogP contribution is -2.14. The zero-order valence-electron chi connectivity index (χ0n) is 15.7. The maximum Gasteiger partial charge on any atom is 0.230 e. The highest BCUT2D eigenvalue weighted by atomic mass is 32.1. The molecule has 0 aliphatic carbocycles. The van der Waals surface area contributed by atoms with Crippen molar-refractivity contribution >= 4 is 22.4 Å². The summed E-state index contributed by atoms with van der Waals surface area (Å²) in [6, 6.07) is 12.5. The fourth-order valence-electron chi connectivity index (χ4n) is 3.27. The third-order valence-electron chi connectivity index (χ3n) is 4.48. The Hall–Kier alpha value is -2.46. The molecule has 2 aromatic carbocycles. The van der Waals surface area contributed by atoms with Crippen LogP contribution in [0.1, 0.15) is 34.7 Å². The third kappa shape index (κ3) is 4.20. The van der Waals surface area contributed by atoms with Gasteiger partial charge in [0.15, 0.2) is 5.13 Å². The first-order chi connectivity index (χ1) is 12.5. The second-order valence-electron chi connectivity index (χ2n) is 6.71. The van der Waals surface area contributed by atoms with E-state index in [4.69, 9.17) is 0 Å². The van der Waals surface area contributed by atoms with E-state index in [-0.39, 0.29) is 5.91 Å². The molecular formula is C22H24N2OS. The molecule has 0 atom stereocenters. The predicted molar refractivity (Wildman–Crippen MR) is 110 cm³/mol. The van der Waals surface area contributed by atoms with Crippen LogP contribution in [0.4, 0.5) is 5.13 Å². The summed E-state index contributed by atoms with van der Waals surface area (Å²) in [5.41, 5.74) is 8.05. The Morgan fingerprint density at radius 1 is 1.04 bits per heavy atom. The van der Waals surface area contributed by atoms with Crippen LogP contribution >= 0.6 is 11.3 Å². The summed E-state index contributed by atoms with van der Waals surface area (Å²) in [4.78, 5) is 16.9. The van der Waals surface area contributed by atoms with Gasteiger partial charge in [-0.05, 0) is 49.4 Å². The molecule has 0 aliphatic rings. The summed E-state index contributed by atoms with van der Waals surface area (Å²) < 4.78 is 0. The van der Waals surface area contributed by atoms with Crippen molar-refractivity contribution in [2.24, 2.45) is 0 Å². The molecule has 26 heavy (non-hydrogen) atoms. The summed E-state index contributed by atoms with van der Waals surface area (Å²) in [6.07, 6.45) is 1.37. The number of aryl methyl sites for hydroxylation is 4. The number of hydrogen-bond acceptors (Lipinski definition) is 3. The van der Waals surface area contributed by atoms with Gasteiger partial charge in [-0.3, -0.25) is 4.79 Å². The van der Waals surface area contributed by atoms with Gasteiger partial charge in [0, 0.05) is 10.9 Å². The van der Waals surface area contributed by atoms with Crippen molar-refractivity contribution in [1.82, 2.24) is 4.98 Å². The van der Waals surface area contributed by atoms with E-state index in [9.17, 15) is 4.79 Å². The second kappa shape index (κ2) is 7.83. The zero-order valence-corrected chi connectivity index (χ0v) is 16.5. The molecule has 3 nitrogen and oxygen atoms in total. The van der Waals surface area contributed by atoms with E-state index in [0.29, 0.717) is 11.6 Å². The zero-order chi connectivity index (χ0) is 18.7. The number of anilines is 1. The molecule has 1 heterocycles. The van der Waals surface area contributed by atoms with E-state index >= 15 is 0 Å². The molecule has 0 saturated carbocycles. The average molecular weight is 365 g/mol. The van der Waals surface area contributed by atoms with E-state index < -0.39 is 0 Å². The van der Waals surface area contributed by atoms with Crippen LogP contribution in [0.2, 0.25) is 0 Å². The molecule has 3 rings (SSSR count). The number of hydrogen-bond donors (Lipinski definition) is 1. The van der Waals surface area contributed by atoms with Crippen molar-refractivity contribution in [3.63, 3.8) is 0 Å². The topological polar surface area (TPSA) is 42.0 Å². The van der Waals surface area contributed by atoms with E-state index in [2.05, 4.69) is 62.3 Å². The Balaban J connectivity index is 1.71. The molecule has 134 valence electrons. The summed E-state index contributed by atoms with van der Waals surface area (Å²) in [5, 5.41) is 5.59. The van der Waals surface area contributed by atoms with Crippen molar-refractivity contribution in [3.05, 3.63) is 69.6 Å². The Labute approximate surface area is 159 Å². The first-order valence-corrected chi connectivity index (χ1v) is 9.75. The minimum atomic E-state index is -0.0347. The highest BCUT2D eigenvalue weighted by Gasteiger charge is 2.12. The lowest BCUT2D eigenvalue weighted by molar-refractivity contribution is -0.115. The van der Waals surface area contributed by atoms with Gasteiger partial charge in [-0.25, -0.2) is 4.98 Å². The molecule has 0 aliphatic heterocycles. The molecule has 0 fully saturated rings. The van der Waals surface area contributed by atoms with Crippen LogP contribution < -0.4 is 5.32 Å². The highest BCUT2D eigenvalue weighted by molar-refractivity contribution is 7.14. The van der Waals surface area contributed by atoms with Crippen molar-refractivity contribution in [2.75, 3.05) is 5.32 Å². The first-order valence-electron chi connectivity index (χ1n) is 8.87. The van der Waals surface area contributed by atoms with Crippen LogP contribution in [0.3, 0.4) is 0 Å². The van der Waals surface area contributed by atoms with E-state index in [1.54, 1.807) is 0 Å². The molecule has 0 unspecified atom stereocenters. The molecular weight excluding hydrogens is 340 g/mol. The molecule has 4 heteroatoms. The molecule has 0 bridgehead atoms. The molecule has 3 aromatic rings.